The van der Waals surface area contributed by atoms with Gasteiger partial charge in [0.2, 0.25) is 0 Å². The minimum atomic E-state index is -1.07. The van der Waals surface area contributed by atoms with Gasteiger partial charge in [0.05, 0.1) is 5.01 Å². The molecule has 1 aromatic heterocycles. The van der Waals surface area contributed by atoms with E-state index in [0.717, 1.165) is 28.2 Å². The van der Waals surface area contributed by atoms with Crippen molar-refractivity contribution in [2.24, 2.45) is 0 Å². The monoisotopic (exact) mass is 492 g/mol. The molecule has 0 atom stereocenters. The first-order valence-electron chi connectivity index (χ1n) is 11.6. The van der Waals surface area contributed by atoms with Gasteiger partial charge >= 0.3 is 12.0 Å². The number of anilines is 1. The smallest absolute Gasteiger partial charge is 0.323 e. The quantitative estimate of drug-likeness (QED) is 0.446. The summed E-state index contributed by atoms with van der Waals surface area (Å²) in [5, 5.41) is 16.8. The van der Waals surface area contributed by atoms with Crippen molar-refractivity contribution in [1.82, 2.24) is 15.2 Å². The number of hydrogen-bond donors (Lipinski definition) is 3. The van der Waals surface area contributed by atoms with Crippen LogP contribution >= 0.6 is 11.3 Å². The number of aliphatic carboxylic acids is 1. The Morgan fingerprint density at radius 2 is 1.80 bits per heavy atom. The number of carbonyl (C=O) groups is 3. The normalized spacial score (nSPS) is 13.9. The maximum atomic E-state index is 13.0. The van der Waals surface area contributed by atoms with Crippen molar-refractivity contribution < 1.29 is 19.5 Å². The lowest BCUT2D eigenvalue weighted by Crippen LogP contribution is -2.45. The Kier molecular flexibility index (Phi) is 7.77. The molecule has 1 fully saturated rings. The number of likely N-dealkylation sites (tertiary alicyclic amines) is 1. The summed E-state index contributed by atoms with van der Waals surface area (Å²) in [5.74, 6) is -1.16. The van der Waals surface area contributed by atoms with Gasteiger partial charge in [0, 0.05) is 35.6 Å². The van der Waals surface area contributed by atoms with Crippen LogP contribution in [0.3, 0.4) is 0 Å². The molecule has 0 unspecified atom stereocenters. The SMILES string of the molecule is CCc1ccc(-c2ccccc2NC(=O)c2csc(C3CCN(C(=O)NCC(=O)O)CC3)n2)cc1. The largest absolute Gasteiger partial charge is 0.480 e. The molecule has 0 radical (unpaired) electrons. The number of carboxylic acids is 1. The highest BCUT2D eigenvalue weighted by atomic mass is 32.1. The van der Waals surface area contributed by atoms with Crippen molar-refractivity contribution in [2.75, 3.05) is 25.0 Å². The van der Waals surface area contributed by atoms with Crippen LogP contribution in [0.25, 0.3) is 11.1 Å². The van der Waals surface area contributed by atoms with Crippen LogP contribution < -0.4 is 10.6 Å². The second kappa shape index (κ2) is 11.1. The van der Waals surface area contributed by atoms with Crippen LogP contribution in [0.4, 0.5) is 10.5 Å². The third-order valence-corrected chi connectivity index (χ3v) is 7.13. The Hall–Kier alpha value is -3.72. The maximum Gasteiger partial charge on any atom is 0.323 e. The van der Waals surface area contributed by atoms with E-state index in [0.29, 0.717) is 31.6 Å². The standard InChI is InChI=1S/C26H28N4O4S/c1-2-17-7-9-18(10-8-17)20-5-3-4-6-21(20)28-24(33)22-16-35-25(29-22)19-11-13-30(14-12-19)26(34)27-15-23(31)32/h3-10,16,19H,2,11-15H2,1H3,(H,27,34)(H,28,33)(H,31,32). The van der Waals surface area contributed by atoms with E-state index >= 15 is 0 Å². The second-order valence-corrected chi connectivity index (χ2v) is 9.32. The van der Waals surface area contributed by atoms with Gasteiger partial charge in [-0.15, -0.1) is 11.3 Å². The number of para-hydroxylation sites is 1. The van der Waals surface area contributed by atoms with Gasteiger partial charge in [-0.2, -0.15) is 0 Å². The molecule has 2 aromatic carbocycles. The molecule has 1 aliphatic heterocycles. The van der Waals surface area contributed by atoms with E-state index in [9.17, 15) is 14.4 Å². The number of carboxylic acid groups (broad SMARTS) is 1. The number of thiazole rings is 1. The highest BCUT2D eigenvalue weighted by Gasteiger charge is 2.26. The number of nitrogens with one attached hydrogen (secondary N) is 2. The van der Waals surface area contributed by atoms with Crippen molar-refractivity contribution in [2.45, 2.75) is 32.1 Å². The van der Waals surface area contributed by atoms with Crippen LogP contribution in [0.1, 0.15) is 46.7 Å². The van der Waals surface area contributed by atoms with Crippen molar-refractivity contribution in [1.29, 1.82) is 0 Å². The van der Waals surface area contributed by atoms with Crippen LogP contribution in [-0.4, -0.2) is 52.5 Å². The molecule has 4 rings (SSSR count). The fourth-order valence-electron chi connectivity index (χ4n) is 4.12. The van der Waals surface area contributed by atoms with E-state index in [2.05, 4.69) is 46.8 Å². The Labute approximate surface area is 208 Å². The molecule has 8 nitrogen and oxygen atoms in total. The van der Waals surface area contributed by atoms with E-state index < -0.39 is 12.5 Å². The number of aromatic nitrogens is 1. The molecular formula is C26H28N4O4S. The fraction of sp³-hybridized carbons (Fsp3) is 0.308. The van der Waals surface area contributed by atoms with Gasteiger partial charge in [0.1, 0.15) is 12.2 Å². The minimum Gasteiger partial charge on any atom is -0.480 e. The van der Waals surface area contributed by atoms with Crippen LogP contribution in [0.2, 0.25) is 0 Å². The first-order chi connectivity index (χ1) is 16.9. The lowest BCUT2D eigenvalue weighted by molar-refractivity contribution is -0.135. The van der Waals surface area contributed by atoms with Gasteiger partial charge in [0.15, 0.2) is 0 Å². The van der Waals surface area contributed by atoms with Gasteiger partial charge in [-0.1, -0.05) is 49.4 Å². The van der Waals surface area contributed by atoms with E-state index in [1.165, 1.54) is 16.9 Å². The number of amides is 3. The van der Waals surface area contributed by atoms with Crippen LogP contribution in [0.5, 0.6) is 0 Å². The Morgan fingerprint density at radius 3 is 2.49 bits per heavy atom. The highest BCUT2D eigenvalue weighted by Crippen LogP contribution is 2.32. The summed E-state index contributed by atoms with van der Waals surface area (Å²) < 4.78 is 0. The first kappa shape index (κ1) is 24.4. The van der Waals surface area contributed by atoms with Gasteiger partial charge in [0.25, 0.3) is 5.91 Å². The number of rotatable bonds is 7. The predicted octanol–water partition coefficient (Wildman–Crippen LogP) is 4.60. The summed E-state index contributed by atoms with van der Waals surface area (Å²) in [5.41, 5.74) is 4.36. The number of urea groups is 1. The number of benzene rings is 2. The highest BCUT2D eigenvalue weighted by molar-refractivity contribution is 7.10. The van der Waals surface area contributed by atoms with E-state index in [1.807, 2.05) is 24.3 Å². The third kappa shape index (κ3) is 6.05. The summed E-state index contributed by atoms with van der Waals surface area (Å²) in [6, 6.07) is 15.7. The average molecular weight is 493 g/mol. The van der Waals surface area contributed by atoms with E-state index in [-0.39, 0.29) is 17.9 Å². The van der Waals surface area contributed by atoms with Gasteiger partial charge in [-0.3, -0.25) is 9.59 Å². The number of carbonyl (C=O) groups excluding carboxylic acids is 2. The minimum absolute atomic E-state index is 0.162. The third-order valence-electron chi connectivity index (χ3n) is 6.13. The van der Waals surface area contributed by atoms with Gasteiger partial charge in [-0.25, -0.2) is 9.78 Å². The number of nitrogens with zero attached hydrogens (tertiary/aromatic N) is 2. The number of piperidine rings is 1. The first-order valence-corrected chi connectivity index (χ1v) is 12.5. The van der Waals surface area contributed by atoms with Crippen molar-refractivity contribution in [3.8, 4) is 11.1 Å². The maximum absolute atomic E-state index is 13.0. The molecule has 3 N–H and O–H groups in total. The van der Waals surface area contributed by atoms with Gasteiger partial charge < -0.3 is 20.6 Å². The Balaban J connectivity index is 1.38. The second-order valence-electron chi connectivity index (χ2n) is 8.43. The summed E-state index contributed by atoms with van der Waals surface area (Å²) >= 11 is 1.45. The summed E-state index contributed by atoms with van der Waals surface area (Å²) in [6.07, 6.45) is 2.40. The zero-order valence-corrected chi connectivity index (χ0v) is 20.3. The van der Waals surface area contributed by atoms with Gasteiger partial charge in [-0.05, 0) is 36.5 Å². The average Bonchev–Trinajstić information content (AvgIpc) is 3.38. The summed E-state index contributed by atoms with van der Waals surface area (Å²) in [4.78, 5) is 41.9. The summed E-state index contributed by atoms with van der Waals surface area (Å²) in [6.45, 7) is 2.76. The van der Waals surface area contributed by atoms with Crippen LogP contribution in [-0.2, 0) is 11.2 Å². The topological polar surface area (TPSA) is 112 Å². The zero-order chi connectivity index (χ0) is 24.8. The molecular weight excluding hydrogens is 464 g/mol. The number of aryl methyl sites for hydroxylation is 1. The molecule has 9 heteroatoms. The molecule has 35 heavy (non-hydrogen) atoms. The molecule has 1 saturated heterocycles. The molecule has 1 aliphatic rings. The molecule has 0 spiro atoms. The molecule has 0 bridgehead atoms. The van der Waals surface area contributed by atoms with Crippen molar-refractivity contribution in [3.05, 3.63) is 70.2 Å². The fourth-order valence-corrected chi connectivity index (χ4v) is 5.09. The van der Waals surface area contributed by atoms with Crippen LogP contribution in [0, 0.1) is 0 Å². The molecule has 182 valence electrons. The number of hydrogen-bond acceptors (Lipinski definition) is 5. The van der Waals surface area contributed by atoms with E-state index in [4.69, 9.17) is 5.11 Å². The predicted molar refractivity (Wildman–Crippen MR) is 136 cm³/mol. The molecule has 0 aliphatic carbocycles. The zero-order valence-electron chi connectivity index (χ0n) is 19.5. The van der Waals surface area contributed by atoms with Crippen molar-refractivity contribution >= 4 is 34.9 Å². The molecule has 2 heterocycles. The lowest BCUT2D eigenvalue weighted by Gasteiger charge is -2.30. The van der Waals surface area contributed by atoms with Crippen molar-refractivity contribution in [3.63, 3.8) is 0 Å². The Bertz CT molecular complexity index is 1200. The van der Waals surface area contributed by atoms with Crippen LogP contribution in [0.15, 0.2) is 53.9 Å². The molecule has 3 aromatic rings. The molecule has 3 amide bonds. The Morgan fingerprint density at radius 1 is 1.09 bits per heavy atom. The van der Waals surface area contributed by atoms with E-state index in [1.54, 1.807) is 10.3 Å². The summed E-state index contributed by atoms with van der Waals surface area (Å²) in [7, 11) is 0. The lowest BCUT2D eigenvalue weighted by atomic mass is 9.98. The molecule has 0 saturated carbocycles.